The van der Waals surface area contributed by atoms with Crippen LogP contribution in [0.3, 0.4) is 0 Å². The fourth-order valence-corrected chi connectivity index (χ4v) is 4.70. The monoisotopic (exact) mass is 345 g/mol. The molecule has 0 aromatic heterocycles. The second-order valence-electron chi connectivity index (χ2n) is 8.43. The molecule has 0 saturated carbocycles. The Bertz CT molecular complexity index is 716. The van der Waals surface area contributed by atoms with Crippen molar-refractivity contribution in [1.29, 1.82) is 0 Å². The van der Waals surface area contributed by atoms with Crippen molar-refractivity contribution in [1.82, 2.24) is 4.90 Å². The van der Waals surface area contributed by atoms with Gasteiger partial charge in [-0.05, 0) is 73.0 Å². The molecule has 0 unspecified atom stereocenters. The van der Waals surface area contributed by atoms with Crippen LogP contribution in [0.1, 0.15) is 61.3 Å². The first-order chi connectivity index (χ1) is 12.7. The van der Waals surface area contributed by atoms with Gasteiger partial charge in [0.2, 0.25) is 0 Å². The largest absolute Gasteiger partial charge is 0.303 e. The molecule has 1 heterocycles. The highest BCUT2D eigenvalue weighted by Crippen LogP contribution is 2.43. The van der Waals surface area contributed by atoms with Gasteiger partial charge in [0.05, 0.1) is 0 Å². The van der Waals surface area contributed by atoms with Crippen LogP contribution in [0.25, 0.3) is 12.2 Å². The minimum absolute atomic E-state index is 0.532. The third-order valence-corrected chi connectivity index (χ3v) is 6.23. The van der Waals surface area contributed by atoms with E-state index in [4.69, 9.17) is 0 Å². The molecule has 0 N–H and O–H groups in total. The van der Waals surface area contributed by atoms with Gasteiger partial charge in [-0.1, -0.05) is 74.5 Å². The van der Waals surface area contributed by atoms with Gasteiger partial charge < -0.3 is 4.90 Å². The minimum atomic E-state index is 0.532. The molecule has 2 aromatic rings. The lowest BCUT2D eigenvalue weighted by Gasteiger charge is -2.37. The number of rotatable bonds is 4. The van der Waals surface area contributed by atoms with Crippen LogP contribution in [0.15, 0.2) is 48.5 Å². The Hall–Kier alpha value is -1.86. The summed E-state index contributed by atoms with van der Waals surface area (Å²) < 4.78 is 0. The van der Waals surface area contributed by atoms with Gasteiger partial charge in [-0.15, -0.1) is 0 Å². The van der Waals surface area contributed by atoms with E-state index in [9.17, 15) is 0 Å². The Labute approximate surface area is 158 Å². The number of benzene rings is 2. The van der Waals surface area contributed by atoms with E-state index in [1.54, 1.807) is 0 Å². The molecule has 1 fully saturated rings. The number of likely N-dealkylation sites (tertiary alicyclic amines) is 1. The summed E-state index contributed by atoms with van der Waals surface area (Å²) in [5, 5.41) is 0. The molecule has 0 bridgehead atoms. The molecule has 0 spiro atoms. The first-order valence-electron chi connectivity index (χ1n) is 10.3. The van der Waals surface area contributed by atoms with Crippen LogP contribution < -0.4 is 0 Å². The summed E-state index contributed by atoms with van der Waals surface area (Å²) in [6.07, 6.45) is 8.57. The maximum atomic E-state index is 2.68. The van der Waals surface area contributed by atoms with E-state index in [1.165, 1.54) is 61.2 Å². The SMILES string of the molecule is CC(C)CCN1CCC(C2c3ccccc3C=Cc3ccccc32)CC1. The summed E-state index contributed by atoms with van der Waals surface area (Å²) in [7, 11) is 0. The fourth-order valence-electron chi connectivity index (χ4n) is 4.70. The lowest BCUT2D eigenvalue weighted by atomic mass is 9.74. The molecule has 1 saturated heterocycles. The average Bonchev–Trinajstić information content (AvgIpc) is 2.84. The minimum Gasteiger partial charge on any atom is -0.303 e. The maximum absolute atomic E-state index is 2.68. The van der Waals surface area contributed by atoms with Gasteiger partial charge in [-0.2, -0.15) is 0 Å². The van der Waals surface area contributed by atoms with Crippen LogP contribution >= 0.6 is 0 Å². The smallest absolute Gasteiger partial charge is 0.0130 e. The Balaban J connectivity index is 1.59. The third-order valence-electron chi connectivity index (χ3n) is 6.23. The van der Waals surface area contributed by atoms with Crippen molar-refractivity contribution in [3.05, 3.63) is 70.8 Å². The summed E-state index contributed by atoms with van der Waals surface area (Å²) >= 11 is 0. The van der Waals surface area contributed by atoms with Crippen LogP contribution in [-0.2, 0) is 0 Å². The average molecular weight is 346 g/mol. The highest BCUT2D eigenvalue weighted by molar-refractivity contribution is 5.76. The Morgan fingerprint density at radius 1 is 0.846 bits per heavy atom. The molecule has 2 aromatic carbocycles. The summed E-state index contributed by atoms with van der Waals surface area (Å²) in [6, 6.07) is 18.0. The molecule has 26 heavy (non-hydrogen) atoms. The standard InChI is InChI=1S/C25H31N/c1-19(2)13-16-26-17-14-22(15-18-26)25-23-9-5-3-7-20(23)11-12-21-8-4-6-10-24(21)25/h3-12,19,22,25H,13-18H2,1-2H3. The quantitative estimate of drug-likeness (QED) is 0.651. The molecular weight excluding hydrogens is 314 g/mol. The van der Waals surface area contributed by atoms with Gasteiger partial charge in [0.25, 0.3) is 0 Å². The van der Waals surface area contributed by atoms with Gasteiger partial charge in [0.1, 0.15) is 0 Å². The topological polar surface area (TPSA) is 3.24 Å². The van der Waals surface area contributed by atoms with Crippen molar-refractivity contribution in [2.24, 2.45) is 11.8 Å². The van der Waals surface area contributed by atoms with Crippen LogP contribution in [-0.4, -0.2) is 24.5 Å². The lowest BCUT2D eigenvalue weighted by Crippen LogP contribution is -2.37. The maximum Gasteiger partial charge on any atom is 0.0130 e. The predicted molar refractivity (Wildman–Crippen MR) is 112 cm³/mol. The van der Waals surface area contributed by atoms with Crippen molar-refractivity contribution in [3.63, 3.8) is 0 Å². The van der Waals surface area contributed by atoms with Crippen LogP contribution in [0.5, 0.6) is 0 Å². The van der Waals surface area contributed by atoms with E-state index in [-0.39, 0.29) is 0 Å². The molecule has 2 aliphatic rings. The van der Waals surface area contributed by atoms with Crippen molar-refractivity contribution >= 4 is 12.2 Å². The summed E-state index contributed by atoms with van der Waals surface area (Å²) in [4.78, 5) is 2.68. The number of nitrogens with zero attached hydrogens (tertiary/aromatic N) is 1. The highest BCUT2D eigenvalue weighted by Gasteiger charge is 2.31. The molecular formula is C25H31N. The summed E-state index contributed by atoms with van der Waals surface area (Å²) in [5.41, 5.74) is 5.84. The zero-order valence-corrected chi connectivity index (χ0v) is 16.2. The number of hydrogen-bond donors (Lipinski definition) is 0. The first kappa shape index (κ1) is 17.5. The molecule has 1 aliphatic carbocycles. The Morgan fingerprint density at radius 3 is 1.92 bits per heavy atom. The van der Waals surface area contributed by atoms with E-state index in [2.05, 4.69) is 79.4 Å². The zero-order valence-electron chi connectivity index (χ0n) is 16.2. The third kappa shape index (κ3) is 3.64. The van der Waals surface area contributed by atoms with Gasteiger partial charge in [0, 0.05) is 5.92 Å². The van der Waals surface area contributed by atoms with Gasteiger partial charge >= 0.3 is 0 Å². The van der Waals surface area contributed by atoms with E-state index in [0.717, 1.165) is 11.8 Å². The number of hydrogen-bond acceptors (Lipinski definition) is 1. The number of fused-ring (bicyclic) bond motifs is 2. The van der Waals surface area contributed by atoms with E-state index in [0.29, 0.717) is 5.92 Å². The lowest BCUT2D eigenvalue weighted by molar-refractivity contribution is 0.168. The highest BCUT2D eigenvalue weighted by atomic mass is 15.1. The number of piperidine rings is 1. The molecule has 1 nitrogen and oxygen atoms in total. The molecule has 136 valence electrons. The predicted octanol–water partition coefficient (Wildman–Crippen LogP) is 6.06. The summed E-state index contributed by atoms with van der Waals surface area (Å²) in [5.74, 6) is 2.08. The normalized spacial score (nSPS) is 18.6. The van der Waals surface area contributed by atoms with E-state index >= 15 is 0 Å². The van der Waals surface area contributed by atoms with Crippen molar-refractivity contribution in [2.45, 2.75) is 39.0 Å². The molecule has 0 atom stereocenters. The van der Waals surface area contributed by atoms with Crippen LogP contribution in [0.4, 0.5) is 0 Å². The van der Waals surface area contributed by atoms with Crippen LogP contribution in [0, 0.1) is 11.8 Å². The van der Waals surface area contributed by atoms with Crippen molar-refractivity contribution < 1.29 is 0 Å². The van der Waals surface area contributed by atoms with Crippen molar-refractivity contribution in [2.75, 3.05) is 19.6 Å². The second kappa shape index (κ2) is 7.80. The molecule has 4 rings (SSSR count). The molecule has 1 aliphatic heterocycles. The Kier molecular flexibility index (Phi) is 5.26. The van der Waals surface area contributed by atoms with E-state index in [1.807, 2.05) is 0 Å². The fraction of sp³-hybridized carbons (Fsp3) is 0.440. The van der Waals surface area contributed by atoms with Crippen LogP contribution in [0.2, 0.25) is 0 Å². The van der Waals surface area contributed by atoms with Gasteiger partial charge in [0.15, 0.2) is 0 Å². The second-order valence-corrected chi connectivity index (χ2v) is 8.43. The molecule has 1 heteroatoms. The first-order valence-corrected chi connectivity index (χ1v) is 10.3. The van der Waals surface area contributed by atoms with Crippen molar-refractivity contribution in [3.8, 4) is 0 Å². The Morgan fingerprint density at radius 2 is 1.38 bits per heavy atom. The molecule has 0 radical (unpaired) electrons. The molecule has 0 amide bonds. The summed E-state index contributed by atoms with van der Waals surface area (Å²) in [6.45, 7) is 8.44. The van der Waals surface area contributed by atoms with E-state index < -0.39 is 0 Å². The zero-order chi connectivity index (χ0) is 17.9. The van der Waals surface area contributed by atoms with Gasteiger partial charge in [-0.3, -0.25) is 0 Å². The van der Waals surface area contributed by atoms with Gasteiger partial charge in [-0.25, -0.2) is 0 Å².